The van der Waals surface area contributed by atoms with Crippen LogP contribution in [0.2, 0.25) is 0 Å². The third-order valence-electron chi connectivity index (χ3n) is 13.7. The average molecular weight is 638 g/mol. The molecule has 7 heteroatoms. The van der Waals surface area contributed by atoms with E-state index in [1.54, 1.807) is 13.8 Å². The van der Waals surface area contributed by atoms with E-state index < -0.39 is 0 Å². The van der Waals surface area contributed by atoms with Crippen LogP contribution in [-0.2, 0) is 19.1 Å². The highest BCUT2D eigenvalue weighted by atomic mass is 79.9. The monoisotopic (exact) mass is 636 g/mol. The molecule has 0 aromatic carbocycles. The van der Waals surface area contributed by atoms with Crippen molar-refractivity contribution in [3.8, 4) is 0 Å². The van der Waals surface area contributed by atoms with Crippen molar-refractivity contribution in [2.45, 2.75) is 135 Å². The first kappa shape index (κ1) is 31.8. The SMILES string of the molecule is CC(=O)O[C@@H]1[C@H]([N+]2(C)CCCCC2)C[C@@H]2[C@H]3CC[C@@H]4C[C@@H](OC(C)=O)[C@H](N5CCCCC5)C[C@@]4(C)[C@@H]3CC[C@]21C.[Br-]. The van der Waals surface area contributed by atoms with Crippen LogP contribution in [0.3, 0.4) is 0 Å². The highest BCUT2D eigenvalue weighted by Crippen LogP contribution is 2.67. The van der Waals surface area contributed by atoms with Crippen LogP contribution in [0, 0.1) is 34.5 Å². The smallest absolute Gasteiger partial charge is 0.303 e. The van der Waals surface area contributed by atoms with Crippen molar-refractivity contribution in [1.29, 1.82) is 0 Å². The van der Waals surface area contributed by atoms with E-state index in [0.29, 0.717) is 35.3 Å². The van der Waals surface area contributed by atoms with E-state index in [0.717, 1.165) is 29.9 Å². The highest BCUT2D eigenvalue weighted by Gasteiger charge is 2.67. The second-order valence-electron chi connectivity index (χ2n) is 15.8. The Hall–Kier alpha value is -0.660. The summed E-state index contributed by atoms with van der Waals surface area (Å²) in [7, 11) is 2.47. The van der Waals surface area contributed by atoms with Crippen LogP contribution in [0.1, 0.15) is 111 Å². The molecular weight excluding hydrogens is 580 g/mol. The van der Waals surface area contributed by atoms with Gasteiger partial charge in [0, 0.05) is 31.7 Å². The summed E-state index contributed by atoms with van der Waals surface area (Å²) in [6.07, 6.45) is 16.3. The zero-order chi connectivity index (χ0) is 28.3. The number of quaternary nitrogens is 1. The van der Waals surface area contributed by atoms with Gasteiger partial charge in [0.15, 0.2) is 6.10 Å². The largest absolute Gasteiger partial charge is 1.00 e. The number of fused-ring (bicyclic) bond motifs is 5. The van der Waals surface area contributed by atoms with Crippen molar-refractivity contribution in [2.75, 3.05) is 33.2 Å². The van der Waals surface area contributed by atoms with E-state index in [1.807, 2.05) is 0 Å². The molecule has 2 heterocycles. The zero-order valence-electron chi connectivity index (χ0n) is 26.5. The number of likely N-dealkylation sites (tertiary alicyclic amines) is 2. The molecule has 6 nitrogen and oxygen atoms in total. The number of carbonyl (C=O) groups excluding carboxylic acids is 2. The summed E-state index contributed by atoms with van der Waals surface area (Å²) in [6, 6.07) is 0.796. The van der Waals surface area contributed by atoms with Gasteiger partial charge in [0.25, 0.3) is 0 Å². The van der Waals surface area contributed by atoms with Crippen LogP contribution in [0.25, 0.3) is 0 Å². The summed E-state index contributed by atoms with van der Waals surface area (Å²) in [5, 5.41) is 0. The Balaban J connectivity index is 0.00000337. The van der Waals surface area contributed by atoms with Gasteiger partial charge in [-0.15, -0.1) is 0 Å². The van der Waals surface area contributed by atoms with Gasteiger partial charge in [-0.25, -0.2) is 0 Å². The second kappa shape index (κ2) is 12.0. The van der Waals surface area contributed by atoms with E-state index in [4.69, 9.17) is 9.47 Å². The van der Waals surface area contributed by atoms with Crippen molar-refractivity contribution >= 4 is 11.9 Å². The van der Waals surface area contributed by atoms with Gasteiger partial charge in [-0.3, -0.25) is 14.5 Å². The number of ether oxygens (including phenoxy) is 2. The van der Waals surface area contributed by atoms with Gasteiger partial charge >= 0.3 is 11.9 Å². The van der Waals surface area contributed by atoms with E-state index >= 15 is 0 Å². The topological polar surface area (TPSA) is 55.8 Å². The molecule has 0 amide bonds. The highest BCUT2D eigenvalue weighted by molar-refractivity contribution is 5.66. The van der Waals surface area contributed by atoms with Crippen LogP contribution in [-0.4, -0.2) is 78.8 Å². The quantitative estimate of drug-likeness (QED) is 0.351. The third-order valence-corrected chi connectivity index (χ3v) is 13.7. The molecule has 0 aromatic heterocycles. The Morgan fingerprint density at radius 3 is 2.12 bits per heavy atom. The molecule has 4 aliphatic carbocycles. The van der Waals surface area contributed by atoms with Gasteiger partial charge in [-0.2, -0.15) is 0 Å². The van der Waals surface area contributed by atoms with Crippen molar-refractivity contribution < 1.29 is 40.5 Å². The molecule has 0 N–H and O–H groups in total. The predicted molar refractivity (Wildman–Crippen MR) is 156 cm³/mol. The maximum absolute atomic E-state index is 12.5. The Morgan fingerprint density at radius 1 is 0.805 bits per heavy atom. The van der Waals surface area contributed by atoms with Crippen LogP contribution in [0.4, 0.5) is 0 Å². The molecule has 6 fully saturated rings. The lowest BCUT2D eigenvalue weighted by molar-refractivity contribution is -0.940. The van der Waals surface area contributed by atoms with Gasteiger partial charge in [0.1, 0.15) is 12.1 Å². The third kappa shape index (κ3) is 5.56. The van der Waals surface area contributed by atoms with E-state index in [2.05, 4.69) is 25.8 Å². The fourth-order valence-corrected chi connectivity index (χ4v) is 11.7. The number of hydrogen-bond acceptors (Lipinski definition) is 5. The number of nitrogens with zero attached hydrogens (tertiary/aromatic N) is 2. The summed E-state index contributed by atoms with van der Waals surface area (Å²) in [5.41, 5.74) is 0.377. The van der Waals surface area contributed by atoms with E-state index in [9.17, 15) is 9.59 Å². The van der Waals surface area contributed by atoms with Crippen molar-refractivity contribution in [1.82, 2.24) is 4.90 Å². The first-order chi connectivity index (χ1) is 19.0. The standard InChI is InChI=1S/C34H57N2O4.BrH/c1-23(37)39-31-20-25-12-13-26-27(34(25,4)22-29(31)35-16-8-6-9-17-35)14-15-33(3)28(26)21-30(32(33)40-24(2)38)36(5)18-10-7-11-19-36;/h25-32H,6-22H2,1-5H3;1H/q+1;/p-1/t25-,26+,27-,28-,29-,30-,31-,32-,33-,34-;/m1./s1. The number of halogens is 1. The number of likely N-dealkylation sites (N-methyl/N-ethyl adjacent to an activating group) is 1. The fourth-order valence-electron chi connectivity index (χ4n) is 11.7. The molecule has 0 aromatic rings. The average Bonchev–Trinajstić information content (AvgIpc) is 3.21. The molecular formula is C34H57BrN2O4. The van der Waals surface area contributed by atoms with E-state index in [-0.39, 0.29) is 46.5 Å². The Labute approximate surface area is 260 Å². The molecule has 0 radical (unpaired) electrons. The van der Waals surface area contributed by atoms with Gasteiger partial charge in [0.2, 0.25) is 0 Å². The zero-order valence-corrected chi connectivity index (χ0v) is 28.1. The normalized spacial score (nSPS) is 45.8. The van der Waals surface area contributed by atoms with Gasteiger partial charge in [0.05, 0.1) is 20.1 Å². The number of esters is 2. The van der Waals surface area contributed by atoms with Crippen molar-refractivity contribution in [3.05, 3.63) is 0 Å². The Bertz CT molecular complexity index is 964. The summed E-state index contributed by atoms with van der Waals surface area (Å²) in [4.78, 5) is 27.4. The molecule has 0 unspecified atom stereocenters. The van der Waals surface area contributed by atoms with Crippen LogP contribution < -0.4 is 17.0 Å². The van der Waals surface area contributed by atoms with Crippen molar-refractivity contribution in [2.24, 2.45) is 34.5 Å². The fraction of sp³-hybridized carbons (Fsp3) is 0.941. The minimum atomic E-state index is -0.111. The molecule has 234 valence electrons. The minimum Gasteiger partial charge on any atom is -1.00 e. The first-order valence-corrected chi connectivity index (χ1v) is 17.0. The van der Waals surface area contributed by atoms with Crippen LogP contribution in [0.5, 0.6) is 0 Å². The number of carbonyl (C=O) groups is 2. The van der Waals surface area contributed by atoms with Gasteiger partial charge < -0.3 is 30.9 Å². The summed E-state index contributed by atoms with van der Waals surface area (Å²) in [6.45, 7) is 13.1. The Morgan fingerprint density at radius 2 is 1.46 bits per heavy atom. The van der Waals surface area contributed by atoms with E-state index in [1.165, 1.54) is 90.1 Å². The lowest BCUT2D eigenvalue weighted by Gasteiger charge is -2.62. The summed E-state index contributed by atoms with van der Waals surface area (Å²) >= 11 is 0. The Kier molecular flexibility index (Phi) is 9.32. The van der Waals surface area contributed by atoms with Gasteiger partial charge in [-0.05, 0) is 113 Å². The molecule has 6 aliphatic rings. The number of rotatable bonds is 4. The predicted octanol–water partition coefficient (Wildman–Crippen LogP) is 2.97. The minimum absolute atomic E-state index is 0. The molecule has 0 bridgehead atoms. The van der Waals surface area contributed by atoms with Crippen LogP contribution >= 0.6 is 0 Å². The molecule has 2 aliphatic heterocycles. The summed E-state index contributed by atoms with van der Waals surface area (Å²) in [5.74, 6) is 2.50. The molecule has 0 spiro atoms. The summed E-state index contributed by atoms with van der Waals surface area (Å²) < 4.78 is 13.5. The van der Waals surface area contributed by atoms with Crippen LogP contribution in [0.15, 0.2) is 0 Å². The first-order valence-electron chi connectivity index (χ1n) is 17.0. The molecule has 41 heavy (non-hydrogen) atoms. The molecule has 4 saturated carbocycles. The molecule has 2 saturated heterocycles. The maximum Gasteiger partial charge on any atom is 0.303 e. The molecule has 10 atom stereocenters. The lowest BCUT2D eigenvalue weighted by atomic mass is 9.44. The van der Waals surface area contributed by atoms with Gasteiger partial charge in [-0.1, -0.05) is 20.3 Å². The maximum atomic E-state index is 12.5. The number of piperidine rings is 2. The second-order valence-corrected chi connectivity index (χ2v) is 15.8. The van der Waals surface area contributed by atoms with Crippen molar-refractivity contribution in [3.63, 3.8) is 0 Å². The lowest BCUT2D eigenvalue weighted by Crippen LogP contribution is -3.00. The number of hydrogen-bond donors (Lipinski definition) is 0. The molecule has 6 rings (SSSR count).